The predicted octanol–water partition coefficient (Wildman–Crippen LogP) is 6.11. The van der Waals surface area contributed by atoms with E-state index in [4.69, 9.17) is 16.3 Å². The van der Waals surface area contributed by atoms with Gasteiger partial charge in [0.2, 0.25) is 0 Å². The van der Waals surface area contributed by atoms with Crippen LogP contribution in [0.1, 0.15) is 56.4 Å². The topological polar surface area (TPSA) is 38.8 Å². The smallest absolute Gasteiger partial charge is 0.293 e. The highest BCUT2D eigenvalue weighted by Crippen LogP contribution is 2.45. The van der Waals surface area contributed by atoms with E-state index in [1.807, 2.05) is 12.1 Å². The molecule has 0 aromatic heterocycles. The van der Waals surface area contributed by atoms with Crippen LogP contribution in [0.15, 0.2) is 36.4 Å². The van der Waals surface area contributed by atoms with Crippen molar-refractivity contribution in [3.8, 4) is 5.75 Å². The average Bonchev–Trinajstić information content (AvgIpc) is 3.17. The van der Waals surface area contributed by atoms with E-state index in [1.54, 1.807) is 6.92 Å². The van der Waals surface area contributed by atoms with Gasteiger partial charge in [0, 0.05) is 35.6 Å². The fraction of sp³-hybridized carbons (Fsp3) is 0.536. The second kappa shape index (κ2) is 11.9. The van der Waals surface area contributed by atoms with Crippen LogP contribution in [0, 0.1) is 11.3 Å². The fourth-order valence-electron chi connectivity index (χ4n) is 5.04. The van der Waals surface area contributed by atoms with E-state index in [0.717, 1.165) is 28.7 Å². The molecular weight excluding hydrogens is 434 g/mol. The minimum absolute atomic E-state index is 0.431. The highest BCUT2D eigenvalue weighted by molar-refractivity contribution is 6.31. The molecule has 2 aromatic rings. The molecular formula is C28H38ClNO3. The summed E-state index contributed by atoms with van der Waals surface area (Å²) in [5.41, 5.74) is 5.86. The Kier molecular flexibility index (Phi) is 9.22. The van der Waals surface area contributed by atoms with Gasteiger partial charge < -0.3 is 14.4 Å². The molecule has 1 fully saturated rings. The fourth-order valence-corrected chi connectivity index (χ4v) is 5.29. The van der Waals surface area contributed by atoms with Crippen molar-refractivity contribution in [2.24, 2.45) is 11.3 Å². The Balaban J connectivity index is 0.000000555. The number of likely N-dealkylation sites (tertiary alicyclic amines) is 1. The van der Waals surface area contributed by atoms with Crippen LogP contribution in [0.2, 0.25) is 5.02 Å². The second-order valence-electron chi connectivity index (χ2n) is 9.54. The maximum Gasteiger partial charge on any atom is 0.293 e. The Labute approximate surface area is 204 Å². The lowest BCUT2D eigenvalue weighted by atomic mass is 9.76. The number of hydrogen-bond acceptors (Lipinski definition) is 4. The third kappa shape index (κ3) is 6.51. The standard InChI is InChI=1S/C25H32ClNO.C3H6O2/c1-4-18(3)14-27-16-25(17-27)12-20-9-10-22(11-21(20)13-25)28-15-23-19(5-2)7-6-8-24(23)26;1-2-5-3-4/h6-11,18H,4-5,12-17H2,1-3H3;3H,2H2,1H3. The van der Waals surface area contributed by atoms with Crippen molar-refractivity contribution in [3.05, 3.63) is 63.7 Å². The molecule has 1 atom stereocenters. The first kappa shape index (κ1) is 25.6. The zero-order valence-corrected chi connectivity index (χ0v) is 21.3. The molecule has 1 heterocycles. The summed E-state index contributed by atoms with van der Waals surface area (Å²) < 4.78 is 10.3. The van der Waals surface area contributed by atoms with Crippen LogP contribution in [0.3, 0.4) is 0 Å². The molecule has 0 saturated carbocycles. The van der Waals surface area contributed by atoms with Crippen LogP contribution in [0.5, 0.6) is 5.75 Å². The quantitative estimate of drug-likeness (QED) is 0.414. The molecule has 1 aliphatic heterocycles. The highest BCUT2D eigenvalue weighted by atomic mass is 35.5. The van der Waals surface area contributed by atoms with Crippen molar-refractivity contribution in [2.75, 3.05) is 26.2 Å². The molecule has 33 heavy (non-hydrogen) atoms. The van der Waals surface area contributed by atoms with Gasteiger partial charge in [-0.2, -0.15) is 0 Å². The van der Waals surface area contributed by atoms with E-state index < -0.39 is 0 Å². The average molecular weight is 472 g/mol. The predicted molar refractivity (Wildman–Crippen MR) is 135 cm³/mol. The molecule has 0 amide bonds. The Morgan fingerprint density at radius 3 is 2.52 bits per heavy atom. The monoisotopic (exact) mass is 471 g/mol. The molecule has 180 valence electrons. The van der Waals surface area contributed by atoms with Gasteiger partial charge in [-0.3, -0.25) is 4.79 Å². The molecule has 5 heteroatoms. The highest BCUT2D eigenvalue weighted by Gasteiger charge is 2.46. The Morgan fingerprint density at radius 2 is 1.88 bits per heavy atom. The first-order chi connectivity index (χ1) is 15.9. The van der Waals surface area contributed by atoms with Crippen molar-refractivity contribution in [3.63, 3.8) is 0 Å². The number of halogens is 1. The van der Waals surface area contributed by atoms with Gasteiger partial charge >= 0.3 is 0 Å². The summed E-state index contributed by atoms with van der Waals surface area (Å²) in [5.74, 6) is 1.77. The summed E-state index contributed by atoms with van der Waals surface area (Å²) >= 11 is 6.41. The lowest BCUT2D eigenvalue weighted by Gasteiger charge is -2.49. The summed E-state index contributed by atoms with van der Waals surface area (Å²) in [4.78, 5) is 11.8. The molecule has 0 N–H and O–H groups in total. The number of rotatable bonds is 9. The maximum atomic E-state index is 9.18. The second-order valence-corrected chi connectivity index (χ2v) is 9.95. The van der Waals surface area contributed by atoms with Crippen molar-refractivity contribution in [1.29, 1.82) is 0 Å². The summed E-state index contributed by atoms with van der Waals surface area (Å²) in [6.07, 6.45) is 4.67. The van der Waals surface area contributed by atoms with Crippen molar-refractivity contribution in [2.45, 2.75) is 60.0 Å². The van der Waals surface area contributed by atoms with Crippen LogP contribution in [0.25, 0.3) is 0 Å². The van der Waals surface area contributed by atoms with Crippen LogP contribution in [-0.4, -0.2) is 37.6 Å². The number of carbonyl (C=O) groups is 1. The Hall–Kier alpha value is -2.04. The van der Waals surface area contributed by atoms with Crippen LogP contribution in [-0.2, 0) is 35.4 Å². The zero-order valence-electron chi connectivity index (χ0n) is 20.5. The summed E-state index contributed by atoms with van der Waals surface area (Å²) in [7, 11) is 0. The van der Waals surface area contributed by atoms with E-state index in [1.165, 1.54) is 55.6 Å². The summed E-state index contributed by atoms with van der Waals surface area (Å²) in [6, 6.07) is 12.8. The van der Waals surface area contributed by atoms with Gasteiger partial charge in [-0.25, -0.2) is 0 Å². The van der Waals surface area contributed by atoms with E-state index in [2.05, 4.69) is 54.7 Å². The van der Waals surface area contributed by atoms with Crippen molar-refractivity contribution < 1.29 is 14.3 Å². The van der Waals surface area contributed by atoms with Gasteiger partial charge in [-0.1, -0.05) is 57.0 Å². The number of aryl methyl sites for hydroxylation is 1. The number of fused-ring (bicyclic) bond motifs is 1. The normalized spacial score (nSPS) is 16.9. The summed E-state index contributed by atoms with van der Waals surface area (Å²) in [6.45, 7) is 13.8. The molecule has 4 nitrogen and oxygen atoms in total. The minimum atomic E-state index is 0.431. The number of hydrogen-bond donors (Lipinski definition) is 0. The molecule has 2 aliphatic rings. The largest absolute Gasteiger partial charge is 0.489 e. The van der Waals surface area contributed by atoms with Gasteiger partial charge in [0.05, 0.1) is 6.61 Å². The first-order valence-electron chi connectivity index (χ1n) is 12.2. The number of carbonyl (C=O) groups excluding carboxylic acids is 1. The van der Waals surface area contributed by atoms with Crippen LogP contribution >= 0.6 is 11.6 Å². The zero-order chi connectivity index (χ0) is 23.8. The summed E-state index contributed by atoms with van der Waals surface area (Å²) in [5, 5.41) is 0.801. The number of nitrogens with zero attached hydrogens (tertiary/aromatic N) is 1. The Bertz CT molecular complexity index is 923. The lowest BCUT2D eigenvalue weighted by molar-refractivity contribution is -0.128. The molecule has 0 bridgehead atoms. The number of ether oxygens (including phenoxy) is 2. The van der Waals surface area contributed by atoms with Gasteiger partial charge in [-0.05, 0) is 67.0 Å². The SMILES string of the molecule is CCOC=O.CCc1cccc(Cl)c1COc1ccc2c(c1)CC1(C2)CN(CC(C)CC)C1. The van der Waals surface area contributed by atoms with Crippen molar-refractivity contribution in [1.82, 2.24) is 4.90 Å². The molecule has 1 saturated heterocycles. The maximum absolute atomic E-state index is 9.18. The number of benzene rings is 2. The van der Waals surface area contributed by atoms with Crippen molar-refractivity contribution >= 4 is 18.1 Å². The van der Waals surface area contributed by atoms with Crippen LogP contribution in [0.4, 0.5) is 0 Å². The van der Waals surface area contributed by atoms with E-state index >= 15 is 0 Å². The molecule has 0 radical (unpaired) electrons. The van der Waals surface area contributed by atoms with E-state index in [9.17, 15) is 4.79 Å². The van der Waals surface area contributed by atoms with Gasteiger partial charge in [0.1, 0.15) is 12.4 Å². The first-order valence-corrected chi connectivity index (χ1v) is 12.6. The van der Waals surface area contributed by atoms with Gasteiger partial charge in [-0.15, -0.1) is 0 Å². The molecule has 1 aliphatic carbocycles. The van der Waals surface area contributed by atoms with Crippen LogP contribution < -0.4 is 4.74 Å². The van der Waals surface area contributed by atoms with E-state index in [0.29, 0.717) is 25.1 Å². The molecule has 1 spiro atoms. The minimum Gasteiger partial charge on any atom is -0.489 e. The van der Waals surface area contributed by atoms with Gasteiger partial charge in [0.15, 0.2) is 0 Å². The van der Waals surface area contributed by atoms with E-state index in [-0.39, 0.29) is 0 Å². The molecule has 4 rings (SSSR count). The molecule has 1 unspecified atom stereocenters. The third-order valence-corrected chi connectivity index (χ3v) is 7.26. The lowest BCUT2D eigenvalue weighted by Crippen LogP contribution is -2.57. The molecule has 2 aromatic carbocycles. The Morgan fingerprint density at radius 1 is 1.12 bits per heavy atom. The van der Waals surface area contributed by atoms with Gasteiger partial charge in [0.25, 0.3) is 6.47 Å². The third-order valence-electron chi connectivity index (χ3n) is 6.91.